The molecule has 2 N–H and O–H groups in total. The van der Waals surface area contributed by atoms with Crippen molar-refractivity contribution in [3.05, 3.63) is 24.7 Å². The van der Waals surface area contributed by atoms with Crippen molar-refractivity contribution in [1.82, 2.24) is 0 Å². The Bertz CT molecular complexity index is 177. The van der Waals surface area contributed by atoms with E-state index in [0.717, 1.165) is 43.2 Å². The minimum absolute atomic E-state index is 0.862. The van der Waals surface area contributed by atoms with Crippen LogP contribution >= 0.6 is 0 Å². The van der Waals surface area contributed by atoms with E-state index in [1.165, 1.54) is 12.8 Å². The third-order valence-electron chi connectivity index (χ3n) is 2.71. The van der Waals surface area contributed by atoms with Gasteiger partial charge in [-0.1, -0.05) is 0 Å². The van der Waals surface area contributed by atoms with Crippen LogP contribution in [0.15, 0.2) is 24.7 Å². The molecule has 13 heavy (non-hydrogen) atoms. The van der Waals surface area contributed by atoms with Gasteiger partial charge in [-0.2, -0.15) is 0 Å². The molecule has 1 aliphatic heterocycles. The molecule has 0 aromatic rings. The van der Waals surface area contributed by atoms with Crippen molar-refractivity contribution in [1.29, 1.82) is 0 Å². The largest absolute Gasteiger partial charge is 0.516 e. The van der Waals surface area contributed by atoms with E-state index in [2.05, 4.69) is 0 Å². The Hall–Kier alpha value is -0.960. The number of aliphatic hydroxyl groups excluding tert-OH is 2. The summed E-state index contributed by atoms with van der Waals surface area (Å²) in [5, 5.41) is 17.2. The lowest BCUT2D eigenvalue weighted by atomic mass is 10.3. The highest BCUT2D eigenvalue weighted by molar-refractivity contribution is 4.78. The zero-order valence-electron chi connectivity index (χ0n) is 7.89. The van der Waals surface area contributed by atoms with Crippen LogP contribution in [-0.2, 0) is 0 Å². The first-order chi connectivity index (χ1) is 6.33. The van der Waals surface area contributed by atoms with E-state index in [4.69, 9.17) is 10.2 Å². The molecule has 74 valence electrons. The minimum atomic E-state index is 0.862. The first kappa shape index (κ1) is 10.1. The Morgan fingerprint density at radius 1 is 0.923 bits per heavy atom. The normalized spacial score (nSPS) is 21.8. The van der Waals surface area contributed by atoms with E-state index >= 15 is 0 Å². The summed E-state index contributed by atoms with van der Waals surface area (Å²) in [6.07, 6.45) is 8.30. The summed E-state index contributed by atoms with van der Waals surface area (Å²) in [5.74, 6) is 0. The molecule has 0 radical (unpaired) electrons. The fraction of sp³-hybridized carbons (Fsp3) is 0.600. The molecule has 0 bridgehead atoms. The first-order valence-electron chi connectivity index (χ1n) is 4.76. The number of hydrogen-bond donors (Lipinski definition) is 2. The van der Waals surface area contributed by atoms with Gasteiger partial charge in [-0.15, -0.1) is 0 Å². The number of hydrogen-bond acceptors (Lipinski definition) is 2. The van der Waals surface area contributed by atoms with E-state index in [-0.39, 0.29) is 0 Å². The molecule has 0 aromatic heterocycles. The lowest BCUT2D eigenvalue weighted by molar-refractivity contribution is -0.905. The average Bonchev–Trinajstić information content (AvgIpc) is 2.61. The summed E-state index contributed by atoms with van der Waals surface area (Å²) in [4.78, 5) is 0. The van der Waals surface area contributed by atoms with Gasteiger partial charge in [-0.05, 0) is 0 Å². The van der Waals surface area contributed by atoms with E-state index in [1.54, 1.807) is 12.2 Å². The number of likely N-dealkylation sites (tertiary alicyclic amines) is 1. The van der Waals surface area contributed by atoms with Crippen LogP contribution in [0.1, 0.15) is 12.8 Å². The molecule has 0 aliphatic carbocycles. The van der Waals surface area contributed by atoms with Crippen LogP contribution in [-0.4, -0.2) is 40.9 Å². The summed E-state index contributed by atoms with van der Waals surface area (Å²) in [7, 11) is 0. The fourth-order valence-corrected chi connectivity index (χ4v) is 1.99. The van der Waals surface area contributed by atoms with Crippen molar-refractivity contribution in [3.8, 4) is 0 Å². The summed E-state index contributed by atoms with van der Waals surface area (Å²) < 4.78 is 0.966. The SMILES string of the molecule is OC=CC[N+]1(CC=CO)CCCC1. The van der Waals surface area contributed by atoms with Crippen molar-refractivity contribution in [3.63, 3.8) is 0 Å². The van der Waals surface area contributed by atoms with Crippen LogP contribution in [0.2, 0.25) is 0 Å². The molecule has 1 fully saturated rings. The van der Waals surface area contributed by atoms with Gasteiger partial charge in [0.15, 0.2) is 0 Å². The first-order valence-corrected chi connectivity index (χ1v) is 4.76. The molecule has 3 heteroatoms. The standard InChI is InChI=1S/C10H17NO2/c12-9-3-7-11(8-4-10-13)5-1-2-6-11/h3-4,9-10H,1-2,5-8H2,(H-,12,13)/p+1. The Kier molecular flexibility index (Phi) is 3.83. The van der Waals surface area contributed by atoms with Gasteiger partial charge in [-0.3, -0.25) is 0 Å². The van der Waals surface area contributed by atoms with Gasteiger partial charge in [0.05, 0.1) is 25.6 Å². The van der Waals surface area contributed by atoms with Gasteiger partial charge in [0.1, 0.15) is 13.1 Å². The molecule has 0 spiro atoms. The Morgan fingerprint density at radius 2 is 1.38 bits per heavy atom. The molecular formula is C10H18NO2+. The quantitative estimate of drug-likeness (QED) is 0.516. The molecule has 0 saturated carbocycles. The molecule has 1 saturated heterocycles. The molecule has 0 aromatic carbocycles. The second-order valence-electron chi connectivity index (χ2n) is 3.63. The highest BCUT2D eigenvalue weighted by Crippen LogP contribution is 2.19. The second kappa shape index (κ2) is 4.92. The predicted octanol–water partition coefficient (Wildman–Crippen LogP) is 1.74. The monoisotopic (exact) mass is 184 g/mol. The highest BCUT2D eigenvalue weighted by Gasteiger charge is 2.29. The zero-order chi connectivity index (χ0) is 9.57. The zero-order valence-corrected chi connectivity index (χ0v) is 7.89. The van der Waals surface area contributed by atoms with Gasteiger partial charge in [-0.25, -0.2) is 0 Å². The third kappa shape index (κ3) is 2.77. The van der Waals surface area contributed by atoms with Gasteiger partial charge >= 0.3 is 0 Å². The van der Waals surface area contributed by atoms with Crippen molar-refractivity contribution in [2.24, 2.45) is 0 Å². The fourth-order valence-electron chi connectivity index (χ4n) is 1.99. The molecule has 1 aliphatic rings. The molecule has 0 atom stereocenters. The van der Waals surface area contributed by atoms with Crippen LogP contribution < -0.4 is 0 Å². The van der Waals surface area contributed by atoms with Gasteiger partial charge in [0.25, 0.3) is 0 Å². The summed E-state index contributed by atoms with van der Waals surface area (Å²) in [6.45, 7) is 4.02. The smallest absolute Gasteiger partial charge is 0.101 e. The molecule has 0 unspecified atom stereocenters. The van der Waals surface area contributed by atoms with E-state index in [1.807, 2.05) is 0 Å². The van der Waals surface area contributed by atoms with Gasteiger partial charge in [0.2, 0.25) is 0 Å². The molecule has 1 heterocycles. The van der Waals surface area contributed by atoms with Crippen LogP contribution in [0.25, 0.3) is 0 Å². The average molecular weight is 184 g/mol. The van der Waals surface area contributed by atoms with E-state index < -0.39 is 0 Å². The van der Waals surface area contributed by atoms with Crippen molar-refractivity contribution in [2.75, 3.05) is 26.2 Å². The Labute approximate surface area is 79.2 Å². The predicted molar refractivity (Wildman–Crippen MR) is 52.5 cm³/mol. The minimum Gasteiger partial charge on any atom is -0.516 e. The molecule has 0 amide bonds. The Balaban J connectivity index is 2.52. The molecule has 1 rings (SSSR count). The van der Waals surface area contributed by atoms with Crippen LogP contribution in [0.4, 0.5) is 0 Å². The summed E-state index contributed by atoms with van der Waals surface area (Å²) in [5.41, 5.74) is 0. The van der Waals surface area contributed by atoms with E-state index in [0.29, 0.717) is 0 Å². The Morgan fingerprint density at radius 3 is 1.77 bits per heavy atom. The topological polar surface area (TPSA) is 40.5 Å². The lowest BCUT2D eigenvalue weighted by Crippen LogP contribution is -2.45. The third-order valence-corrected chi connectivity index (χ3v) is 2.71. The molecule has 3 nitrogen and oxygen atoms in total. The maximum absolute atomic E-state index is 8.61. The van der Waals surface area contributed by atoms with Crippen molar-refractivity contribution >= 4 is 0 Å². The van der Waals surface area contributed by atoms with E-state index in [9.17, 15) is 0 Å². The summed E-state index contributed by atoms with van der Waals surface area (Å²) >= 11 is 0. The van der Waals surface area contributed by atoms with Crippen LogP contribution in [0, 0.1) is 0 Å². The number of nitrogens with zero attached hydrogens (tertiary/aromatic N) is 1. The maximum atomic E-state index is 8.61. The van der Waals surface area contributed by atoms with Gasteiger partial charge < -0.3 is 14.7 Å². The second-order valence-corrected chi connectivity index (χ2v) is 3.63. The highest BCUT2D eigenvalue weighted by atomic mass is 16.2. The number of aliphatic hydroxyl groups is 2. The van der Waals surface area contributed by atoms with Crippen molar-refractivity contribution < 1.29 is 14.7 Å². The maximum Gasteiger partial charge on any atom is 0.101 e. The van der Waals surface area contributed by atoms with Crippen molar-refractivity contribution in [2.45, 2.75) is 12.8 Å². The number of rotatable bonds is 4. The van der Waals surface area contributed by atoms with Gasteiger partial charge in [0, 0.05) is 25.0 Å². The molecular weight excluding hydrogens is 166 g/mol. The van der Waals surface area contributed by atoms with Crippen LogP contribution in [0.5, 0.6) is 0 Å². The lowest BCUT2D eigenvalue weighted by Gasteiger charge is -2.31. The summed E-state index contributed by atoms with van der Waals surface area (Å²) in [6, 6.07) is 0. The van der Waals surface area contributed by atoms with Crippen LogP contribution in [0.3, 0.4) is 0 Å². The number of quaternary nitrogens is 1.